The SMILES string of the molecule is CCCCCCC/C=C/C(=O)OC(C)C. The number of carbonyl (C=O) groups excluding carboxylic acids is 1. The van der Waals surface area contributed by atoms with Gasteiger partial charge in [0.15, 0.2) is 0 Å². The van der Waals surface area contributed by atoms with Crippen molar-refractivity contribution in [2.45, 2.75) is 65.4 Å². The van der Waals surface area contributed by atoms with Crippen LogP contribution in [0.1, 0.15) is 59.3 Å². The van der Waals surface area contributed by atoms with E-state index >= 15 is 0 Å². The molecule has 2 heteroatoms. The van der Waals surface area contributed by atoms with Gasteiger partial charge in [0, 0.05) is 6.08 Å². The van der Waals surface area contributed by atoms with Gasteiger partial charge in [-0.2, -0.15) is 0 Å². The second-order valence-electron chi connectivity index (χ2n) is 4.09. The van der Waals surface area contributed by atoms with Gasteiger partial charge in [-0.15, -0.1) is 0 Å². The first kappa shape index (κ1) is 14.2. The summed E-state index contributed by atoms with van der Waals surface area (Å²) in [4.78, 5) is 11.1. The van der Waals surface area contributed by atoms with E-state index in [0.717, 1.165) is 6.42 Å². The molecule has 2 nitrogen and oxygen atoms in total. The molecule has 0 fully saturated rings. The zero-order chi connectivity index (χ0) is 11.5. The smallest absolute Gasteiger partial charge is 0.330 e. The van der Waals surface area contributed by atoms with E-state index in [1.165, 1.54) is 32.1 Å². The highest BCUT2D eigenvalue weighted by Crippen LogP contribution is 2.05. The van der Waals surface area contributed by atoms with E-state index in [-0.39, 0.29) is 12.1 Å². The van der Waals surface area contributed by atoms with Gasteiger partial charge in [-0.3, -0.25) is 0 Å². The maximum Gasteiger partial charge on any atom is 0.330 e. The van der Waals surface area contributed by atoms with Crippen LogP contribution in [0.5, 0.6) is 0 Å². The van der Waals surface area contributed by atoms with Crippen molar-refractivity contribution < 1.29 is 9.53 Å². The van der Waals surface area contributed by atoms with Crippen LogP contribution < -0.4 is 0 Å². The summed E-state index contributed by atoms with van der Waals surface area (Å²) in [7, 11) is 0. The summed E-state index contributed by atoms with van der Waals surface area (Å²) in [5, 5.41) is 0. The topological polar surface area (TPSA) is 26.3 Å². The first-order valence-electron chi connectivity index (χ1n) is 6.04. The van der Waals surface area contributed by atoms with Crippen LogP contribution in [0.4, 0.5) is 0 Å². The molecule has 0 N–H and O–H groups in total. The molecule has 0 bridgehead atoms. The van der Waals surface area contributed by atoms with E-state index in [1.54, 1.807) is 6.08 Å². The minimum Gasteiger partial charge on any atom is -0.460 e. The van der Waals surface area contributed by atoms with Crippen LogP contribution >= 0.6 is 0 Å². The Morgan fingerprint density at radius 1 is 1.20 bits per heavy atom. The summed E-state index contributed by atoms with van der Waals surface area (Å²) < 4.78 is 4.97. The molecule has 0 aromatic rings. The van der Waals surface area contributed by atoms with Crippen molar-refractivity contribution in [1.29, 1.82) is 0 Å². The molecule has 0 aliphatic heterocycles. The molecule has 0 unspecified atom stereocenters. The van der Waals surface area contributed by atoms with E-state index in [4.69, 9.17) is 4.74 Å². The zero-order valence-corrected chi connectivity index (χ0v) is 10.3. The van der Waals surface area contributed by atoms with E-state index in [1.807, 2.05) is 19.9 Å². The largest absolute Gasteiger partial charge is 0.460 e. The molecule has 88 valence electrons. The van der Waals surface area contributed by atoms with Crippen molar-refractivity contribution in [3.05, 3.63) is 12.2 Å². The lowest BCUT2D eigenvalue weighted by Gasteiger charge is -2.03. The quantitative estimate of drug-likeness (QED) is 0.347. The highest BCUT2D eigenvalue weighted by Gasteiger charge is 1.98. The van der Waals surface area contributed by atoms with Gasteiger partial charge in [-0.1, -0.05) is 38.7 Å². The first-order chi connectivity index (χ1) is 7.16. The monoisotopic (exact) mass is 212 g/mol. The van der Waals surface area contributed by atoms with Crippen molar-refractivity contribution in [3.8, 4) is 0 Å². The molecule has 0 aliphatic carbocycles. The molecule has 0 spiro atoms. The standard InChI is InChI=1S/C13H24O2/c1-4-5-6-7-8-9-10-11-13(14)15-12(2)3/h10-12H,4-9H2,1-3H3/b11-10+. The van der Waals surface area contributed by atoms with Crippen LogP contribution in [-0.4, -0.2) is 12.1 Å². The van der Waals surface area contributed by atoms with E-state index in [0.29, 0.717) is 0 Å². The van der Waals surface area contributed by atoms with Crippen molar-refractivity contribution in [1.82, 2.24) is 0 Å². The Bertz CT molecular complexity index is 183. The van der Waals surface area contributed by atoms with E-state index < -0.39 is 0 Å². The molecule has 0 rings (SSSR count). The van der Waals surface area contributed by atoms with Gasteiger partial charge in [0.2, 0.25) is 0 Å². The average Bonchev–Trinajstić information content (AvgIpc) is 2.15. The third-order valence-corrected chi connectivity index (χ3v) is 2.08. The van der Waals surface area contributed by atoms with Crippen LogP contribution in [0.15, 0.2) is 12.2 Å². The number of unbranched alkanes of at least 4 members (excludes halogenated alkanes) is 5. The number of rotatable bonds is 8. The molecule has 0 heterocycles. The summed E-state index contributed by atoms with van der Waals surface area (Å²) in [6, 6.07) is 0. The number of allylic oxidation sites excluding steroid dienone is 1. The molecule has 0 atom stereocenters. The molecule has 0 aromatic carbocycles. The van der Waals surface area contributed by atoms with Crippen molar-refractivity contribution in [2.75, 3.05) is 0 Å². The molecular formula is C13H24O2. The highest BCUT2D eigenvalue weighted by atomic mass is 16.5. The second kappa shape index (κ2) is 9.75. The molecule has 0 radical (unpaired) electrons. The summed E-state index contributed by atoms with van der Waals surface area (Å²) in [5.74, 6) is -0.224. The van der Waals surface area contributed by atoms with Gasteiger partial charge in [-0.05, 0) is 26.7 Å². The van der Waals surface area contributed by atoms with E-state index in [2.05, 4.69) is 6.92 Å². The minimum atomic E-state index is -0.224. The summed E-state index contributed by atoms with van der Waals surface area (Å²) in [5.41, 5.74) is 0. The van der Waals surface area contributed by atoms with Crippen LogP contribution in [0.2, 0.25) is 0 Å². The molecule has 0 saturated carbocycles. The fourth-order valence-corrected chi connectivity index (χ4v) is 1.32. The van der Waals surface area contributed by atoms with Gasteiger partial charge in [0.1, 0.15) is 0 Å². The fourth-order valence-electron chi connectivity index (χ4n) is 1.32. The predicted molar refractivity (Wildman–Crippen MR) is 63.7 cm³/mol. The molecular weight excluding hydrogens is 188 g/mol. The number of hydrogen-bond acceptors (Lipinski definition) is 2. The first-order valence-corrected chi connectivity index (χ1v) is 6.04. The van der Waals surface area contributed by atoms with Crippen molar-refractivity contribution in [3.63, 3.8) is 0 Å². The Balaban J connectivity index is 3.34. The lowest BCUT2D eigenvalue weighted by atomic mass is 10.1. The van der Waals surface area contributed by atoms with Gasteiger partial charge in [0.25, 0.3) is 0 Å². The lowest BCUT2D eigenvalue weighted by Crippen LogP contribution is -2.08. The van der Waals surface area contributed by atoms with Gasteiger partial charge >= 0.3 is 5.97 Å². The Morgan fingerprint density at radius 3 is 2.47 bits per heavy atom. The van der Waals surface area contributed by atoms with Gasteiger partial charge < -0.3 is 4.74 Å². The predicted octanol–water partition coefficient (Wildman–Crippen LogP) is 3.85. The third-order valence-electron chi connectivity index (χ3n) is 2.08. The average molecular weight is 212 g/mol. The van der Waals surface area contributed by atoms with Crippen LogP contribution in [-0.2, 0) is 9.53 Å². The lowest BCUT2D eigenvalue weighted by molar-refractivity contribution is -0.141. The van der Waals surface area contributed by atoms with Gasteiger partial charge in [0.05, 0.1) is 6.10 Å². The van der Waals surface area contributed by atoms with Crippen LogP contribution in [0, 0.1) is 0 Å². The minimum absolute atomic E-state index is 0.0216. The number of ether oxygens (including phenoxy) is 1. The maximum atomic E-state index is 11.1. The van der Waals surface area contributed by atoms with E-state index in [9.17, 15) is 4.79 Å². The van der Waals surface area contributed by atoms with Gasteiger partial charge in [-0.25, -0.2) is 4.79 Å². The highest BCUT2D eigenvalue weighted by molar-refractivity contribution is 5.81. The Kier molecular flexibility index (Phi) is 9.24. The van der Waals surface area contributed by atoms with Crippen LogP contribution in [0.3, 0.4) is 0 Å². The second-order valence-corrected chi connectivity index (χ2v) is 4.09. The molecule has 0 amide bonds. The molecule has 15 heavy (non-hydrogen) atoms. The number of carbonyl (C=O) groups is 1. The Morgan fingerprint density at radius 2 is 1.87 bits per heavy atom. The number of hydrogen-bond donors (Lipinski definition) is 0. The number of esters is 1. The molecule has 0 aromatic heterocycles. The summed E-state index contributed by atoms with van der Waals surface area (Å²) in [6.45, 7) is 5.93. The Labute approximate surface area is 93.7 Å². The van der Waals surface area contributed by atoms with Crippen molar-refractivity contribution >= 4 is 5.97 Å². The normalized spacial score (nSPS) is 11.2. The molecule has 0 aliphatic rings. The zero-order valence-electron chi connectivity index (χ0n) is 10.3. The summed E-state index contributed by atoms with van der Waals surface area (Å²) in [6.07, 6.45) is 10.7. The van der Waals surface area contributed by atoms with Crippen LogP contribution in [0.25, 0.3) is 0 Å². The third kappa shape index (κ3) is 11.1. The molecule has 0 saturated heterocycles. The maximum absolute atomic E-state index is 11.1. The van der Waals surface area contributed by atoms with Crippen molar-refractivity contribution in [2.24, 2.45) is 0 Å². The fraction of sp³-hybridized carbons (Fsp3) is 0.769. The summed E-state index contributed by atoms with van der Waals surface area (Å²) >= 11 is 0. The Hall–Kier alpha value is -0.790.